The molecular formula is C16H21F2NO3. The van der Waals surface area contributed by atoms with Gasteiger partial charge in [-0.2, -0.15) is 0 Å². The second-order valence-electron chi connectivity index (χ2n) is 5.51. The van der Waals surface area contributed by atoms with Crippen molar-refractivity contribution in [1.82, 2.24) is 4.90 Å². The summed E-state index contributed by atoms with van der Waals surface area (Å²) < 4.78 is 31.5. The number of esters is 1. The summed E-state index contributed by atoms with van der Waals surface area (Å²) in [6.07, 6.45) is 0.314. The fraction of sp³-hybridized carbons (Fsp3) is 0.562. The molecule has 0 saturated carbocycles. The van der Waals surface area contributed by atoms with Gasteiger partial charge in [-0.25, -0.2) is 8.78 Å². The van der Waals surface area contributed by atoms with E-state index >= 15 is 0 Å². The van der Waals surface area contributed by atoms with E-state index in [1.54, 1.807) is 6.92 Å². The van der Waals surface area contributed by atoms with Gasteiger partial charge in [0.15, 0.2) is 0 Å². The molecule has 2 rings (SSSR count). The molecular weight excluding hydrogens is 292 g/mol. The maximum atomic E-state index is 13.6. The van der Waals surface area contributed by atoms with Gasteiger partial charge in [-0.15, -0.1) is 0 Å². The summed E-state index contributed by atoms with van der Waals surface area (Å²) in [5, 5.41) is 10.1. The molecule has 0 bridgehead atoms. The van der Waals surface area contributed by atoms with Crippen LogP contribution in [0.5, 0.6) is 0 Å². The van der Waals surface area contributed by atoms with E-state index < -0.39 is 17.7 Å². The molecule has 1 fully saturated rings. The number of aliphatic hydroxyl groups is 1. The number of benzene rings is 1. The van der Waals surface area contributed by atoms with E-state index in [4.69, 9.17) is 4.74 Å². The van der Waals surface area contributed by atoms with Gasteiger partial charge in [0.25, 0.3) is 0 Å². The number of hydrogen-bond donors (Lipinski definition) is 1. The molecule has 122 valence electrons. The fourth-order valence-corrected chi connectivity index (χ4v) is 2.73. The lowest BCUT2D eigenvalue weighted by molar-refractivity contribution is -0.149. The zero-order valence-electron chi connectivity index (χ0n) is 12.6. The Labute approximate surface area is 128 Å². The number of likely N-dealkylation sites (tertiary alicyclic amines) is 1. The highest BCUT2D eigenvalue weighted by molar-refractivity contribution is 5.72. The van der Waals surface area contributed by atoms with Crippen LogP contribution in [-0.2, 0) is 9.53 Å². The molecule has 0 aromatic heterocycles. The van der Waals surface area contributed by atoms with Crippen molar-refractivity contribution in [1.29, 1.82) is 0 Å². The van der Waals surface area contributed by atoms with Gasteiger partial charge >= 0.3 is 5.97 Å². The lowest BCUT2D eigenvalue weighted by Crippen LogP contribution is -2.39. The van der Waals surface area contributed by atoms with Crippen molar-refractivity contribution in [2.45, 2.75) is 25.9 Å². The van der Waals surface area contributed by atoms with E-state index in [0.717, 1.165) is 12.1 Å². The van der Waals surface area contributed by atoms with Crippen LogP contribution in [0.3, 0.4) is 0 Å². The average Bonchev–Trinajstić information content (AvgIpc) is 2.48. The van der Waals surface area contributed by atoms with Crippen molar-refractivity contribution in [3.05, 3.63) is 35.4 Å². The number of β-amino-alcohol motifs (C(OH)–C–C–N with tert-alkyl or cyclic N) is 1. The first-order chi connectivity index (χ1) is 10.5. The highest BCUT2D eigenvalue weighted by Gasteiger charge is 2.27. The number of nitrogens with zero attached hydrogens (tertiary/aromatic N) is 1. The lowest BCUT2D eigenvalue weighted by atomic mass is 9.96. The van der Waals surface area contributed by atoms with Crippen LogP contribution < -0.4 is 0 Å². The van der Waals surface area contributed by atoms with Gasteiger partial charge < -0.3 is 14.7 Å². The Kier molecular flexibility index (Phi) is 5.85. The van der Waals surface area contributed by atoms with Gasteiger partial charge in [0, 0.05) is 18.2 Å². The van der Waals surface area contributed by atoms with Crippen LogP contribution in [0.25, 0.3) is 0 Å². The predicted molar refractivity (Wildman–Crippen MR) is 77.1 cm³/mol. The van der Waals surface area contributed by atoms with Crippen molar-refractivity contribution in [3.8, 4) is 0 Å². The number of hydrogen-bond acceptors (Lipinski definition) is 4. The van der Waals surface area contributed by atoms with Gasteiger partial charge in [-0.05, 0) is 38.9 Å². The standard InChI is InChI=1S/C16H21F2NO3/c1-2-22-16(21)11-5-7-19(8-6-11)10-15(20)13-4-3-12(17)9-14(13)18/h3-4,9,11,15,20H,2,5-8,10H2,1H3. The van der Waals surface area contributed by atoms with Crippen LogP contribution in [0.15, 0.2) is 18.2 Å². The van der Waals surface area contributed by atoms with E-state index in [1.807, 2.05) is 4.90 Å². The van der Waals surface area contributed by atoms with Gasteiger partial charge in [0.05, 0.1) is 18.6 Å². The summed E-state index contributed by atoms with van der Waals surface area (Å²) >= 11 is 0. The third kappa shape index (κ3) is 4.24. The summed E-state index contributed by atoms with van der Waals surface area (Å²) in [7, 11) is 0. The highest BCUT2D eigenvalue weighted by atomic mass is 19.1. The molecule has 1 atom stereocenters. The summed E-state index contributed by atoms with van der Waals surface area (Å²) in [6, 6.07) is 3.17. The molecule has 0 spiro atoms. The Balaban J connectivity index is 1.86. The van der Waals surface area contributed by atoms with Crippen LogP contribution in [0.1, 0.15) is 31.4 Å². The second-order valence-corrected chi connectivity index (χ2v) is 5.51. The first kappa shape index (κ1) is 16.8. The van der Waals surface area contributed by atoms with Crippen LogP contribution >= 0.6 is 0 Å². The topological polar surface area (TPSA) is 49.8 Å². The molecule has 22 heavy (non-hydrogen) atoms. The molecule has 1 saturated heterocycles. The summed E-state index contributed by atoms with van der Waals surface area (Å²) in [6.45, 7) is 3.70. The zero-order chi connectivity index (χ0) is 16.1. The molecule has 1 aromatic rings. The minimum absolute atomic E-state index is 0.0916. The van der Waals surface area contributed by atoms with Crippen molar-refractivity contribution in [2.24, 2.45) is 5.92 Å². The number of piperidine rings is 1. The number of rotatable bonds is 5. The average molecular weight is 313 g/mol. The Hall–Kier alpha value is -1.53. The smallest absolute Gasteiger partial charge is 0.309 e. The second kappa shape index (κ2) is 7.65. The Morgan fingerprint density at radius 2 is 2.09 bits per heavy atom. The molecule has 1 heterocycles. The van der Waals surface area contributed by atoms with Crippen LogP contribution in [0.2, 0.25) is 0 Å². The normalized spacial score (nSPS) is 18.2. The Morgan fingerprint density at radius 3 is 2.68 bits per heavy atom. The van der Waals surface area contributed by atoms with E-state index in [-0.39, 0.29) is 24.0 Å². The zero-order valence-corrected chi connectivity index (χ0v) is 12.6. The summed E-state index contributed by atoms with van der Waals surface area (Å²) in [5.41, 5.74) is 0.0916. The maximum Gasteiger partial charge on any atom is 0.309 e. The number of halogens is 2. The Bertz CT molecular complexity index is 516. The first-order valence-corrected chi connectivity index (χ1v) is 7.53. The number of carbonyl (C=O) groups excluding carboxylic acids is 1. The monoisotopic (exact) mass is 313 g/mol. The Morgan fingerprint density at radius 1 is 1.41 bits per heavy atom. The SMILES string of the molecule is CCOC(=O)C1CCN(CC(O)c2ccc(F)cc2F)CC1. The van der Waals surface area contributed by atoms with Gasteiger partial charge in [-0.3, -0.25) is 4.79 Å². The predicted octanol–water partition coefficient (Wildman–Crippen LogP) is 2.27. The van der Waals surface area contributed by atoms with E-state index in [1.165, 1.54) is 6.07 Å². The summed E-state index contributed by atoms with van der Waals surface area (Å²) in [4.78, 5) is 13.6. The fourth-order valence-electron chi connectivity index (χ4n) is 2.73. The van der Waals surface area contributed by atoms with Crippen molar-refractivity contribution in [3.63, 3.8) is 0 Å². The largest absolute Gasteiger partial charge is 0.466 e. The molecule has 1 unspecified atom stereocenters. The number of aliphatic hydroxyl groups excluding tert-OH is 1. The van der Waals surface area contributed by atoms with E-state index in [2.05, 4.69) is 0 Å². The maximum absolute atomic E-state index is 13.6. The molecule has 6 heteroatoms. The number of carbonyl (C=O) groups is 1. The lowest BCUT2D eigenvalue weighted by Gasteiger charge is -2.32. The molecule has 0 aliphatic carbocycles. The van der Waals surface area contributed by atoms with Crippen LogP contribution in [-0.4, -0.2) is 42.2 Å². The summed E-state index contributed by atoms with van der Waals surface area (Å²) in [5.74, 6) is -1.68. The first-order valence-electron chi connectivity index (χ1n) is 7.53. The van der Waals surface area contributed by atoms with Crippen LogP contribution in [0, 0.1) is 17.6 Å². The minimum Gasteiger partial charge on any atom is -0.466 e. The van der Waals surface area contributed by atoms with Crippen molar-refractivity contribution >= 4 is 5.97 Å². The van der Waals surface area contributed by atoms with E-state index in [0.29, 0.717) is 32.5 Å². The number of ether oxygens (including phenoxy) is 1. The van der Waals surface area contributed by atoms with Crippen molar-refractivity contribution < 1.29 is 23.4 Å². The third-order valence-corrected chi connectivity index (χ3v) is 3.96. The molecule has 1 aliphatic heterocycles. The quantitative estimate of drug-likeness (QED) is 0.847. The van der Waals surface area contributed by atoms with Crippen LogP contribution in [0.4, 0.5) is 8.78 Å². The third-order valence-electron chi connectivity index (χ3n) is 3.96. The molecule has 0 radical (unpaired) electrons. The highest BCUT2D eigenvalue weighted by Crippen LogP contribution is 2.23. The molecule has 1 aromatic carbocycles. The molecule has 0 amide bonds. The molecule has 1 N–H and O–H groups in total. The molecule has 1 aliphatic rings. The molecule has 4 nitrogen and oxygen atoms in total. The minimum atomic E-state index is -1.01. The van der Waals surface area contributed by atoms with Gasteiger partial charge in [0.1, 0.15) is 11.6 Å². The van der Waals surface area contributed by atoms with Gasteiger partial charge in [0.2, 0.25) is 0 Å². The van der Waals surface area contributed by atoms with Crippen molar-refractivity contribution in [2.75, 3.05) is 26.2 Å². The van der Waals surface area contributed by atoms with E-state index in [9.17, 15) is 18.7 Å². The van der Waals surface area contributed by atoms with Gasteiger partial charge in [-0.1, -0.05) is 6.07 Å².